The predicted molar refractivity (Wildman–Crippen MR) is 74.7 cm³/mol. The van der Waals surface area contributed by atoms with Crippen molar-refractivity contribution in [1.82, 2.24) is 14.9 Å². The van der Waals surface area contributed by atoms with E-state index >= 15 is 0 Å². The van der Waals surface area contributed by atoms with Crippen LogP contribution in [0.25, 0.3) is 0 Å². The molecule has 0 fully saturated rings. The molecule has 21 heavy (non-hydrogen) atoms. The lowest BCUT2D eigenvalue weighted by Gasteiger charge is -2.08. The third-order valence-corrected chi connectivity index (χ3v) is 3.02. The van der Waals surface area contributed by atoms with E-state index < -0.39 is 11.7 Å². The first kappa shape index (κ1) is 15.6. The molecule has 0 atom stereocenters. The van der Waals surface area contributed by atoms with Gasteiger partial charge in [0.15, 0.2) is 0 Å². The molecule has 0 aliphatic heterocycles. The minimum absolute atomic E-state index is 0.380. The summed E-state index contributed by atoms with van der Waals surface area (Å²) in [5.74, 6) is 0. The fourth-order valence-electron chi connectivity index (χ4n) is 1.90. The van der Waals surface area contributed by atoms with Gasteiger partial charge in [-0.3, -0.25) is 0 Å². The van der Waals surface area contributed by atoms with Crippen LogP contribution in [0.4, 0.5) is 13.2 Å². The van der Waals surface area contributed by atoms with Crippen molar-refractivity contribution in [2.45, 2.75) is 39.2 Å². The monoisotopic (exact) mass is 297 g/mol. The average molecular weight is 297 g/mol. The fourth-order valence-corrected chi connectivity index (χ4v) is 1.90. The predicted octanol–water partition coefficient (Wildman–Crippen LogP) is 3.45. The molecule has 6 heteroatoms. The van der Waals surface area contributed by atoms with Crippen molar-refractivity contribution >= 4 is 0 Å². The van der Waals surface area contributed by atoms with E-state index in [1.807, 2.05) is 10.8 Å². The van der Waals surface area contributed by atoms with Gasteiger partial charge in [0.1, 0.15) is 0 Å². The largest absolute Gasteiger partial charge is 0.416 e. The molecule has 0 unspecified atom stereocenters. The molecule has 0 amide bonds. The highest BCUT2D eigenvalue weighted by molar-refractivity contribution is 5.24. The van der Waals surface area contributed by atoms with Gasteiger partial charge in [-0.2, -0.15) is 13.2 Å². The third kappa shape index (κ3) is 4.60. The Kier molecular flexibility index (Phi) is 4.67. The second-order valence-corrected chi connectivity index (χ2v) is 5.27. The van der Waals surface area contributed by atoms with Crippen LogP contribution < -0.4 is 5.32 Å². The second-order valence-electron chi connectivity index (χ2n) is 5.27. The van der Waals surface area contributed by atoms with Crippen LogP contribution in [0.2, 0.25) is 0 Å². The maximum Gasteiger partial charge on any atom is 0.416 e. The molecule has 2 rings (SSSR count). The van der Waals surface area contributed by atoms with Crippen LogP contribution in [0.1, 0.15) is 30.7 Å². The maximum atomic E-state index is 12.5. The summed E-state index contributed by atoms with van der Waals surface area (Å²) in [6, 6.07) is 5.58. The van der Waals surface area contributed by atoms with Crippen molar-refractivity contribution in [2.75, 3.05) is 0 Å². The van der Waals surface area contributed by atoms with E-state index in [-0.39, 0.29) is 0 Å². The SMILES string of the molecule is CC(C)NCc1cn(Cc2ccc(C(F)(F)F)cc2)cn1. The summed E-state index contributed by atoms with van der Waals surface area (Å²) in [6.07, 6.45) is -0.703. The molecule has 0 aliphatic rings. The number of hydrogen-bond acceptors (Lipinski definition) is 2. The van der Waals surface area contributed by atoms with E-state index in [2.05, 4.69) is 24.1 Å². The summed E-state index contributed by atoms with van der Waals surface area (Å²) in [7, 11) is 0. The van der Waals surface area contributed by atoms with Crippen LogP contribution in [0.15, 0.2) is 36.8 Å². The first-order chi connectivity index (χ1) is 9.84. The number of nitrogens with zero attached hydrogens (tertiary/aromatic N) is 2. The molecule has 0 spiro atoms. The maximum absolute atomic E-state index is 12.5. The van der Waals surface area contributed by atoms with Gasteiger partial charge in [0.25, 0.3) is 0 Å². The molecule has 1 aromatic heterocycles. The van der Waals surface area contributed by atoms with Gasteiger partial charge in [0, 0.05) is 25.3 Å². The Morgan fingerprint density at radius 3 is 2.43 bits per heavy atom. The van der Waals surface area contributed by atoms with Crippen LogP contribution in [0.3, 0.4) is 0 Å². The number of benzene rings is 1. The number of aromatic nitrogens is 2. The van der Waals surface area contributed by atoms with Crippen molar-refractivity contribution in [1.29, 1.82) is 0 Å². The number of imidazole rings is 1. The van der Waals surface area contributed by atoms with Crippen molar-refractivity contribution < 1.29 is 13.2 Å². The van der Waals surface area contributed by atoms with Gasteiger partial charge in [-0.1, -0.05) is 26.0 Å². The number of nitrogens with one attached hydrogen (secondary N) is 1. The molecule has 0 saturated heterocycles. The highest BCUT2D eigenvalue weighted by Gasteiger charge is 2.29. The molecule has 0 saturated carbocycles. The van der Waals surface area contributed by atoms with Crippen LogP contribution >= 0.6 is 0 Å². The van der Waals surface area contributed by atoms with Gasteiger partial charge in [-0.15, -0.1) is 0 Å². The standard InChI is InChI=1S/C15H18F3N3/c1-11(2)19-7-14-9-21(10-20-14)8-12-3-5-13(6-4-12)15(16,17)18/h3-6,9-11,19H,7-8H2,1-2H3. The van der Waals surface area contributed by atoms with E-state index in [1.54, 1.807) is 6.33 Å². The summed E-state index contributed by atoms with van der Waals surface area (Å²) in [5, 5.41) is 3.26. The van der Waals surface area contributed by atoms with Crippen molar-refractivity contribution in [3.05, 3.63) is 53.6 Å². The lowest BCUT2D eigenvalue weighted by molar-refractivity contribution is -0.137. The molecular weight excluding hydrogens is 279 g/mol. The molecule has 1 N–H and O–H groups in total. The number of hydrogen-bond donors (Lipinski definition) is 1. The van der Waals surface area contributed by atoms with E-state index in [9.17, 15) is 13.2 Å². The van der Waals surface area contributed by atoms with Gasteiger partial charge in [0.2, 0.25) is 0 Å². The van der Waals surface area contributed by atoms with Gasteiger partial charge in [0.05, 0.1) is 17.6 Å². The van der Waals surface area contributed by atoms with Crippen LogP contribution in [-0.2, 0) is 19.3 Å². The quantitative estimate of drug-likeness (QED) is 0.916. The van der Waals surface area contributed by atoms with Crippen LogP contribution in [-0.4, -0.2) is 15.6 Å². The highest BCUT2D eigenvalue weighted by Crippen LogP contribution is 2.29. The lowest BCUT2D eigenvalue weighted by atomic mass is 10.1. The van der Waals surface area contributed by atoms with Gasteiger partial charge in [-0.25, -0.2) is 4.98 Å². The highest BCUT2D eigenvalue weighted by atomic mass is 19.4. The summed E-state index contributed by atoms with van der Waals surface area (Å²) < 4.78 is 39.3. The molecular formula is C15H18F3N3. The summed E-state index contributed by atoms with van der Waals surface area (Å²) >= 11 is 0. The van der Waals surface area contributed by atoms with Crippen molar-refractivity contribution in [2.24, 2.45) is 0 Å². The Balaban J connectivity index is 1.98. The van der Waals surface area contributed by atoms with E-state index in [0.717, 1.165) is 23.4 Å². The first-order valence-corrected chi connectivity index (χ1v) is 6.75. The van der Waals surface area contributed by atoms with Gasteiger partial charge in [-0.05, 0) is 17.7 Å². The van der Waals surface area contributed by atoms with Crippen LogP contribution in [0, 0.1) is 0 Å². The molecule has 3 nitrogen and oxygen atoms in total. The Morgan fingerprint density at radius 1 is 1.19 bits per heavy atom. The first-order valence-electron chi connectivity index (χ1n) is 6.75. The molecule has 2 aromatic rings. The molecule has 114 valence electrons. The van der Waals surface area contributed by atoms with Crippen molar-refractivity contribution in [3.8, 4) is 0 Å². The number of halogens is 3. The Morgan fingerprint density at radius 2 is 1.86 bits per heavy atom. The van der Waals surface area contributed by atoms with E-state index in [1.165, 1.54) is 12.1 Å². The molecule has 0 aliphatic carbocycles. The van der Waals surface area contributed by atoms with E-state index in [4.69, 9.17) is 0 Å². The topological polar surface area (TPSA) is 29.9 Å². The molecule has 0 radical (unpaired) electrons. The zero-order valence-electron chi connectivity index (χ0n) is 12.0. The Hall–Kier alpha value is -1.82. The summed E-state index contributed by atoms with van der Waals surface area (Å²) in [4.78, 5) is 4.26. The van der Waals surface area contributed by atoms with E-state index in [0.29, 0.717) is 19.1 Å². The zero-order chi connectivity index (χ0) is 15.5. The fraction of sp³-hybridized carbons (Fsp3) is 0.400. The Bertz CT molecular complexity index is 571. The minimum Gasteiger partial charge on any atom is -0.333 e. The van der Waals surface area contributed by atoms with Gasteiger partial charge < -0.3 is 9.88 Å². The number of rotatable bonds is 5. The smallest absolute Gasteiger partial charge is 0.333 e. The molecule has 1 aromatic carbocycles. The second kappa shape index (κ2) is 6.30. The summed E-state index contributed by atoms with van der Waals surface area (Å²) in [5.41, 5.74) is 1.10. The van der Waals surface area contributed by atoms with Crippen LogP contribution in [0.5, 0.6) is 0 Å². The average Bonchev–Trinajstić information content (AvgIpc) is 2.83. The lowest BCUT2D eigenvalue weighted by Crippen LogP contribution is -2.21. The zero-order valence-corrected chi connectivity index (χ0v) is 12.0. The normalized spacial score (nSPS) is 12.1. The molecule has 1 heterocycles. The molecule has 0 bridgehead atoms. The Labute approximate surface area is 121 Å². The van der Waals surface area contributed by atoms with Gasteiger partial charge >= 0.3 is 6.18 Å². The van der Waals surface area contributed by atoms with Crippen molar-refractivity contribution in [3.63, 3.8) is 0 Å². The third-order valence-electron chi connectivity index (χ3n) is 3.02. The minimum atomic E-state index is -4.29. The summed E-state index contributed by atoms with van der Waals surface area (Å²) in [6.45, 7) is 5.29. The number of alkyl halides is 3.